The molecule has 0 bridgehead atoms. The molecule has 4 aromatic rings. The number of sulfone groups is 1. The van der Waals surface area contributed by atoms with Crippen LogP contribution in [0.1, 0.15) is 18.9 Å². The van der Waals surface area contributed by atoms with E-state index in [9.17, 15) is 22.4 Å². The molecule has 0 radical (unpaired) electrons. The van der Waals surface area contributed by atoms with Crippen LogP contribution in [-0.2, 0) is 21.1 Å². The lowest BCUT2D eigenvalue weighted by molar-refractivity contribution is -0.116. The average molecular weight is 534 g/mol. The zero-order valence-electron chi connectivity index (χ0n) is 18.6. The minimum Gasteiger partial charge on any atom is -0.385 e. The van der Waals surface area contributed by atoms with Crippen molar-refractivity contribution in [3.05, 3.63) is 80.9 Å². The number of aromatic nitrogens is 2. The van der Waals surface area contributed by atoms with E-state index in [2.05, 4.69) is 10.3 Å². The fraction of sp³-hybridized carbons (Fsp3) is 0.208. The topological polar surface area (TPSA) is 98.1 Å². The van der Waals surface area contributed by atoms with Crippen LogP contribution in [0, 0.1) is 5.82 Å². The smallest absolute Gasteiger partial charge is 0.265 e. The predicted molar refractivity (Wildman–Crippen MR) is 136 cm³/mol. The Balaban J connectivity index is 1.54. The maximum atomic E-state index is 14.9. The second-order valence-corrected chi connectivity index (χ2v) is 11.8. The van der Waals surface area contributed by atoms with E-state index in [4.69, 9.17) is 11.6 Å². The number of hydrogen-bond acceptors (Lipinski definition) is 7. The Morgan fingerprint density at radius 1 is 1.17 bits per heavy atom. The second kappa shape index (κ2) is 10.3. The van der Waals surface area contributed by atoms with Gasteiger partial charge in [0, 0.05) is 18.7 Å². The van der Waals surface area contributed by atoms with Crippen LogP contribution in [0.4, 0.5) is 10.1 Å². The summed E-state index contributed by atoms with van der Waals surface area (Å²) in [6.45, 7) is 2.83. The first-order valence-corrected chi connectivity index (χ1v) is 13.6. The normalized spacial score (nSPS) is 11.6. The van der Waals surface area contributed by atoms with E-state index >= 15 is 0 Å². The number of fused-ring (bicyclic) bond motifs is 1. The van der Waals surface area contributed by atoms with Gasteiger partial charge in [-0.3, -0.25) is 14.2 Å². The number of thiophene rings is 1. The SMILES string of the molecule is CCCNc1ccc2c(=O)n(-c3ccc(CC(=O)CS(=O)(=O)c4ccc(Cl)s4)cc3F)cnc2c1. The summed E-state index contributed by atoms with van der Waals surface area (Å²) < 4.78 is 41.1. The Hall–Kier alpha value is -3.08. The molecule has 0 saturated carbocycles. The number of halogens is 2. The van der Waals surface area contributed by atoms with Crippen molar-refractivity contribution in [2.75, 3.05) is 17.6 Å². The number of benzene rings is 2. The average Bonchev–Trinajstić information content (AvgIpc) is 3.25. The van der Waals surface area contributed by atoms with Gasteiger partial charge in [-0.2, -0.15) is 0 Å². The first-order chi connectivity index (χ1) is 16.7. The van der Waals surface area contributed by atoms with Crippen molar-refractivity contribution >= 4 is 55.1 Å². The number of carbonyl (C=O) groups excluding carboxylic acids is 1. The van der Waals surface area contributed by atoms with Crippen LogP contribution in [0.3, 0.4) is 0 Å². The van der Waals surface area contributed by atoms with E-state index in [1.165, 1.54) is 30.6 Å². The van der Waals surface area contributed by atoms with Gasteiger partial charge in [-0.25, -0.2) is 17.8 Å². The van der Waals surface area contributed by atoms with E-state index in [-0.39, 0.29) is 16.3 Å². The van der Waals surface area contributed by atoms with Gasteiger partial charge in [0.1, 0.15) is 22.1 Å². The fourth-order valence-corrected chi connectivity index (χ4v) is 6.37. The zero-order valence-corrected chi connectivity index (χ0v) is 21.0. The lowest BCUT2D eigenvalue weighted by atomic mass is 10.1. The van der Waals surface area contributed by atoms with Crippen molar-refractivity contribution in [3.8, 4) is 5.69 Å². The van der Waals surface area contributed by atoms with Crippen LogP contribution < -0.4 is 10.9 Å². The van der Waals surface area contributed by atoms with Gasteiger partial charge >= 0.3 is 0 Å². The van der Waals surface area contributed by atoms with E-state index in [1.807, 2.05) is 6.92 Å². The molecule has 35 heavy (non-hydrogen) atoms. The highest BCUT2D eigenvalue weighted by atomic mass is 35.5. The molecule has 2 aromatic carbocycles. The maximum Gasteiger partial charge on any atom is 0.265 e. The van der Waals surface area contributed by atoms with Crippen molar-refractivity contribution in [2.45, 2.75) is 24.0 Å². The second-order valence-electron chi connectivity index (χ2n) is 7.90. The third kappa shape index (κ3) is 5.61. The van der Waals surface area contributed by atoms with Crippen molar-refractivity contribution in [3.63, 3.8) is 0 Å². The highest BCUT2D eigenvalue weighted by Gasteiger charge is 2.22. The summed E-state index contributed by atoms with van der Waals surface area (Å²) in [7, 11) is -3.82. The molecule has 2 aromatic heterocycles. The van der Waals surface area contributed by atoms with E-state index in [1.54, 1.807) is 18.2 Å². The van der Waals surface area contributed by atoms with Crippen LogP contribution in [0.2, 0.25) is 4.34 Å². The molecule has 0 aliphatic rings. The zero-order chi connectivity index (χ0) is 25.2. The van der Waals surface area contributed by atoms with Crippen molar-refractivity contribution in [2.24, 2.45) is 0 Å². The summed E-state index contributed by atoms with van der Waals surface area (Å²) in [4.78, 5) is 29.6. The van der Waals surface area contributed by atoms with Gasteiger partial charge in [-0.05, 0) is 54.4 Å². The van der Waals surface area contributed by atoms with E-state index in [0.717, 1.165) is 40.6 Å². The number of nitrogens with one attached hydrogen (secondary N) is 1. The molecule has 0 saturated heterocycles. The number of Topliss-reactive ketones (excluding diaryl/α,β-unsaturated/α-hetero) is 1. The Morgan fingerprint density at radius 2 is 1.97 bits per heavy atom. The van der Waals surface area contributed by atoms with Gasteiger partial charge in [0.25, 0.3) is 5.56 Å². The van der Waals surface area contributed by atoms with Crippen molar-refractivity contribution in [1.82, 2.24) is 9.55 Å². The van der Waals surface area contributed by atoms with E-state index < -0.39 is 32.7 Å². The molecule has 0 unspecified atom stereocenters. The van der Waals surface area contributed by atoms with E-state index in [0.29, 0.717) is 20.8 Å². The van der Waals surface area contributed by atoms with Gasteiger partial charge in [0.05, 0.1) is 20.9 Å². The molecule has 4 rings (SSSR count). The molecule has 7 nitrogen and oxygen atoms in total. The monoisotopic (exact) mass is 533 g/mol. The molecule has 0 aliphatic carbocycles. The highest BCUT2D eigenvalue weighted by molar-refractivity contribution is 7.94. The number of anilines is 1. The molecule has 1 N–H and O–H groups in total. The summed E-state index contributed by atoms with van der Waals surface area (Å²) in [5, 5.41) is 3.57. The lowest BCUT2D eigenvalue weighted by Gasteiger charge is -2.10. The molecule has 0 atom stereocenters. The van der Waals surface area contributed by atoms with Crippen molar-refractivity contribution in [1.29, 1.82) is 0 Å². The fourth-order valence-electron chi connectivity index (χ4n) is 3.55. The van der Waals surface area contributed by atoms with Crippen LogP contribution in [0.5, 0.6) is 0 Å². The Morgan fingerprint density at radius 3 is 2.66 bits per heavy atom. The molecule has 182 valence electrons. The Bertz CT molecular complexity index is 1580. The van der Waals surface area contributed by atoms with Crippen LogP contribution in [0.25, 0.3) is 16.6 Å². The van der Waals surface area contributed by atoms with Crippen LogP contribution in [0.15, 0.2) is 63.9 Å². The number of rotatable bonds is 9. The third-order valence-electron chi connectivity index (χ3n) is 5.22. The summed E-state index contributed by atoms with van der Waals surface area (Å²) in [6.07, 6.45) is 1.94. The molecule has 0 spiro atoms. The number of nitrogens with zero attached hydrogens (tertiary/aromatic N) is 2. The lowest BCUT2D eigenvalue weighted by Crippen LogP contribution is -2.20. The largest absolute Gasteiger partial charge is 0.385 e. The van der Waals surface area contributed by atoms with Gasteiger partial charge in [0.2, 0.25) is 0 Å². The summed E-state index contributed by atoms with van der Waals surface area (Å²) in [6, 6.07) is 12.0. The van der Waals surface area contributed by atoms with Gasteiger partial charge < -0.3 is 5.32 Å². The summed E-state index contributed by atoms with van der Waals surface area (Å²) >= 11 is 6.65. The summed E-state index contributed by atoms with van der Waals surface area (Å²) in [5.41, 5.74) is 1.18. The molecule has 0 amide bonds. The van der Waals surface area contributed by atoms with Gasteiger partial charge in [-0.15, -0.1) is 11.3 Å². The first-order valence-electron chi connectivity index (χ1n) is 10.7. The molecule has 0 fully saturated rings. The number of hydrogen-bond donors (Lipinski definition) is 1. The molecular weight excluding hydrogens is 513 g/mol. The Kier molecular flexibility index (Phi) is 7.34. The predicted octanol–water partition coefficient (Wildman–Crippen LogP) is 4.65. The molecular formula is C24H21ClFN3O4S2. The minimum atomic E-state index is -3.82. The molecule has 0 aliphatic heterocycles. The Labute approximate surface area is 210 Å². The van der Waals surface area contributed by atoms with Crippen molar-refractivity contribution < 1.29 is 17.6 Å². The van der Waals surface area contributed by atoms with Gasteiger partial charge in [0.15, 0.2) is 15.6 Å². The number of ketones is 1. The standard InChI is InChI=1S/C24H21ClFN3O4S2/c1-2-9-27-16-4-5-18-20(12-16)28-14-29(24(18)31)21-6-3-15(11-19(21)26)10-17(30)13-35(32,33)23-8-7-22(25)34-23/h3-8,11-12,14,27H,2,9-10,13H2,1H3. The number of carbonyl (C=O) groups is 1. The van der Waals surface area contributed by atoms with Crippen LogP contribution >= 0.6 is 22.9 Å². The quantitative estimate of drug-likeness (QED) is 0.336. The van der Waals surface area contributed by atoms with Crippen LogP contribution in [-0.4, -0.2) is 36.0 Å². The molecule has 2 heterocycles. The first kappa shape index (κ1) is 25.0. The molecule has 11 heteroatoms. The minimum absolute atomic E-state index is 0.00817. The summed E-state index contributed by atoms with van der Waals surface area (Å²) in [5.74, 6) is -2.03. The maximum absolute atomic E-state index is 14.9. The highest BCUT2D eigenvalue weighted by Crippen LogP contribution is 2.26. The third-order valence-corrected chi connectivity index (χ3v) is 8.71. The van der Waals surface area contributed by atoms with Gasteiger partial charge in [-0.1, -0.05) is 24.6 Å².